The largest absolute Gasteiger partial charge is 0.326 e. The predicted molar refractivity (Wildman–Crippen MR) is 59.9 cm³/mol. The van der Waals surface area contributed by atoms with Crippen molar-refractivity contribution in [1.82, 2.24) is 4.57 Å². The Kier molecular flexibility index (Phi) is 2.83. The third-order valence-electron chi connectivity index (χ3n) is 2.36. The molecule has 0 aliphatic carbocycles. The molecule has 1 heterocycles. The Bertz CT molecular complexity index is 563. The molecule has 3 nitrogen and oxygen atoms in total. The molecule has 0 amide bonds. The summed E-state index contributed by atoms with van der Waals surface area (Å²) in [4.78, 5) is 11.9. The fraction of sp³-hybridized carbons (Fsp3) is 0.0833. The van der Waals surface area contributed by atoms with E-state index in [0.717, 1.165) is 0 Å². The third kappa shape index (κ3) is 1.75. The summed E-state index contributed by atoms with van der Waals surface area (Å²) < 4.78 is 14.8. The number of hydrogen-bond donors (Lipinski definition) is 1. The van der Waals surface area contributed by atoms with Crippen LogP contribution in [0.5, 0.6) is 0 Å². The third-order valence-corrected chi connectivity index (χ3v) is 2.36. The van der Waals surface area contributed by atoms with E-state index in [1.54, 1.807) is 30.3 Å². The summed E-state index contributed by atoms with van der Waals surface area (Å²) in [7, 11) is 0. The number of rotatable bonds is 2. The molecule has 16 heavy (non-hydrogen) atoms. The van der Waals surface area contributed by atoms with Crippen molar-refractivity contribution < 1.29 is 4.39 Å². The molecule has 0 aliphatic rings. The highest BCUT2D eigenvalue weighted by atomic mass is 19.1. The number of benzene rings is 1. The minimum atomic E-state index is -0.432. The zero-order valence-corrected chi connectivity index (χ0v) is 8.56. The first kappa shape index (κ1) is 10.6. The van der Waals surface area contributed by atoms with E-state index in [9.17, 15) is 9.18 Å². The van der Waals surface area contributed by atoms with Crippen LogP contribution in [0.2, 0.25) is 0 Å². The monoisotopic (exact) mass is 218 g/mol. The molecule has 2 rings (SSSR count). The molecule has 0 saturated heterocycles. The van der Waals surface area contributed by atoms with Crippen LogP contribution in [0.15, 0.2) is 47.4 Å². The summed E-state index contributed by atoms with van der Waals surface area (Å²) in [6, 6.07) is 9.44. The lowest BCUT2D eigenvalue weighted by Crippen LogP contribution is -2.23. The number of aromatic nitrogens is 1. The summed E-state index contributed by atoms with van der Waals surface area (Å²) in [5.41, 5.74) is 5.85. The van der Waals surface area contributed by atoms with Crippen LogP contribution in [0.3, 0.4) is 0 Å². The van der Waals surface area contributed by atoms with E-state index in [1.807, 2.05) is 0 Å². The molecular weight excluding hydrogens is 207 g/mol. The number of hydrogen-bond acceptors (Lipinski definition) is 2. The van der Waals surface area contributed by atoms with Gasteiger partial charge in [-0.3, -0.25) is 9.36 Å². The number of halogens is 1. The van der Waals surface area contributed by atoms with Gasteiger partial charge in [-0.05, 0) is 18.2 Å². The Hall–Kier alpha value is -1.94. The maximum Gasteiger partial charge on any atom is 0.259 e. The fourth-order valence-electron chi connectivity index (χ4n) is 1.53. The van der Waals surface area contributed by atoms with Gasteiger partial charge in [0.2, 0.25) is 0 Å². The number of para-hydroxylation sites is 1. The lowest BCUT2D eigenvalue weighted by Gasteiger charge is -2.07. The van der Waals surface area contributed by atoms with Crippen LogP contribution < -0.4 is 11.3 Å². The minimum absolute atomic E-state index is 0.147. The molecule has 2 aromatic rings. The van der Waals surface area contributed by atoms with Gasteiger partial charge in [0, 0.05) is 18.3 Å². The highest BCUT2D eigenvalue weighted by Crippen LogP contribution is 2.10. The summed E-state index contributed by atoms with van der Waals surface area (Å²) in [6.07, 6.45) is 1.53. The van der Waals surface area contributed by atoms with E-state index in [1.165, 1.54) is 16.8 Å². The standard InChI is InChI=1S/C12H11FN2O/c13-10-5-1-2-6-11(10)15-7-3-4-9(8-14)12(15)16/h1-7H,8,14H2. The average molecular weight is 218 g/mol. The topological polar surface area (TPSA) is 48.0 Å². The molecule has 0 fully saturated rings. The van der Waals surface area contributed by atoms with Gasteiger partial charge in [-0.15, -0.1) is 0 Å². The molecule has 0 atom stereocenters. The molecule has 1 aromatic heterocycles. The fourth-order valence-corrected chi connectivity index (χ4v) is 1.53. The van der Waals surface area contributed by atoms with Crippen molar-refractivity contribution in [2.75, 3.05) is 0 Å². The Balaban J connectivity index is 2.66. The van der Waals surface area contributed by atoms with Gasteiger partial charge in [-0.1, -0.05) is 18.2 Å². The van der Waals surface area contributed by atoms with Crippen molar-refractivity contribution in [2.45, 2.75) is 6.54 Å². The van der Waals surface area contributed by atoms with Crippen LogP contribution >= 0.6 is 0 Å². The summed E-state index contributed by atoms with van der Waals surface area (Å²) in [5.74, 6) is -0.432. The van der Waals surface area contributed by atoms with E-state index >= 15 is 0 Å². The lowest BCUT2D eigenvalue weighted by atomic mass is 10.2. The molecule has 0 unspecified atom stereocenters. The first-order valence-electron chi connectivity index (χ1n) is 4.89. The Morgan fingerprint density at radius 2 is 1.94 bits per heavy atom. The van der Waals surface area contributed by atoms with E-state index in [4.69, 9.17) is 5.73 Å². The van der Waals surface area contributed by atoms with Gasteiger partial charge in [0.25, 0.3) is 5.56 Å². The quantitative estimate of drug-likeness (QED) is 0.829. The molecule has 82 valence electrons. The van der Waals surface area contributed by atoms with Crippen molar-refractivity contribution >= 4 is 0 Å². The van der Waals surface area contributed by atoms with Crippen molar-refractivity contribution in [3.8, 4) is 5.69 Å². The zero-order chi connectivity index (χ0) is 11.5. The van der Waals surface area contributed by atoms with Crippen LogP contribution in [-0.2, 0) is 6.54 Å². The van der Waals surface area contributed by atoms with E-state index in [-0.39, 0.29) is 17.8 Å². The first-order chi connectivity index (χ1) is 7.74. The molecule has 0 radical (unpaired) electrons. The van der Waals surface area contributed by atoms with Crippen molar-refractivity contribution in [1.29, 1.82) is 0 Å². The molecule has 1 aromatic carbocycles. The molecule has 0 saturated carbocycles. The normalized spacial score (nSPS) is 10.4. The maximum atomic E-state index is 13.5. The zero-order valence-electron chi connectivity index (χ0n) is 8.56. The summed E-state index contributed by atoms with van der Waals surface area (Å²) in [6.45, 7) is 0.147. The SMILES string of the molecule is NCc1cccn(-c2ccccc2F)c1=O. The highest BCUT2D eigenvalue weighted by Gasteiger charge is 2.06. The first-order valence-corrected chi connectivity index (χ1v) is 4.89. The van der Waals surface area contributed by atoms with Crippen LogP contribution in [0.1, 0.15) is 5.56 Å². The number of nitrogens with zero attached hydrogens (tertiary/aromatic N) is 1. The maximum absolute atomic E-state index is 13.5. The molecule has 0 bridgehead atoms. The minimum Gasteiger partial charge on any atom is -0.326 e. The van der Waals surface area contributed by atoms with Crippen LogP contribution in [-0.4, -0.2) is 4.57 Å². The lowest BCUT2D eigenvalue weighted by molar-refractivity contribution is 0.615. The van der Waals surface area contributed by atoms with Gasteiger partial charge in [0.15, 0.2) is 0 Å². The van der Waals surface area contributed by atoms with E-state index in [0.29, 0.717) is 5.56 Å². The Labute approximate surface area is 92.0 Å². The van der Waals surface area contributed by atoms with Gasteiger partial charge in [-0.25, -0.2) is 4.39 Å². The van der Waals surface area contributed by atoms with Crippen molar-refractivity contribution in [3.63, 3.8) is 0 Å². The van der Waals surface area contributed by atoms with Crippen LogP contribution in [0, 0.1) is 5.82 Å². The van der Waals surface area contributed by atoms with Gasteiger partial charge < -0.3 is 5.73 Å². The van der Waals surface area contributed by atoms with E-state index < -0.39 is 5.82 Å². The molecule has 4 heteroatoms. The van der Waals surface area contributed by atoms with Crippen molar-refractivity contribution in [2.24, 2.45) is 5.73 Å². The Morgan fingerprint density at radius 3 is 2.62 bits per heavy atom. The Morgan fingerprint density at radius 1 is 1.19 bits per heavy atom. The summed E-state index contributed by atoms with van der Waals surface area (Å²) >= 11 is 0. The van der Waals surface area contributed by atoms with Gasteiger partial charge >= 0.3 is 0 Å². The number of nitrogens with two attached hydrogens (primary N) is 1. The van der Waals surface area contributed by atoms with Gasteiger partial charge in [-0.2, -0.15) is 0 Å². The highest BCUT2D eigenvalue weighted by molar-refractivity contribution is 5.34. The average Bonchev–Trinajstić information content (AvgIpc) is 2.31. The van der Waals surface area contributed by atoms with Gasteiger partial charge in [0.05, 0.1) is 5.69 Å². The van der Waals surface area contributed by atoms with Crippen LogP contribution in [0.25, 0.3) is 5.69 Å². The molecule has 0 aliphatic heterocycles. The predicted octanol–water partition coefficient (Wildman–Crippen LogP) is 1.44. The second kappa shape index (κ2) is 4.28. The second-order valence-corrected chi connectivity index (χ2v) is 3.36. The summed E-state index contributed by atoms with van der Waals surface area (Å²) in [5, 5.41) is 0. The van der Waals surface area contributed by atoms with Crippen molar-refractivity contribution in [3.05, 3.63) is 64.3 Å². The second-order valence-electron chi connectivity index (χ2n) is 3.36. The molecular formula is C12H11FN2O. The molecule has 0 spiro atoms. The smallest absolute Gasteiger partial charge is 0.259 e. The molecule has 2 N–H and O–H groups in total. The number of pyridine rings is 1. The van der Waals surface area contributed by atoms with E-state index in [2.05, 4.69) is 0 Å². The van der Waals surface area contributed by atoms with Gasteiger partial charge in [0.1, 0.15) is 5.82 Å². The van der Waals surface area contributed by atoms with Crippen LogP contribution in [0.4, 0.5) is 4.39 Å².